The molecule has 26 heavy (non-hydrogen) atoms. The molecule has 3 fully saturated rings. The number of rotatable bonds is 2. The number of hydrogen-bond donors (Lipinski definition) is 0. The Balaban J connectivity index is 1.56. The molecule has 2 bridgehead atoms. The summed E-state index contributed by atoms with van der Waals surface area (Å²) in [5.74, 6) is 1.57. The van der Waals surface area contributed by atoms with Crippen LogP contribution in [0.15, 0.2) is 29.1 Å². The molecule has 3 saturated heterocycles. The van der Waals surface area contributed by atoms with E-state index >= 15 is 0 Å². The van der Waals surface area contributed by atoms with E-state index < -0.39 is 0 Å². The predicted octanol–water partition coefficient (Wildman–Crippen LogP) is 2.06. The molecule has 7 heteroatoms. The molecule has 0 aromatic carbocycles. The summed E-state index contributed by atoms with van der Waals surface area (Å²) < 4.78 is 5.53. The zero-order valence-corrected chi connectivity index (χ0v) is 15.0. The Morgan fingerprint density at radius 1 is 1.12 bits per heavy atom. The molecule has 7 nitrogen and oxygen atoms in total. The van der Waals surface area contributed by atoms with Crippen LogP contribution in [0.5, 0.6) is 0 Å². The molecule has 3 aliphatic heterocycles. The van der Waals surface area contributed by atoms with Crippen molar-refractivity contribution in [2.24, 2.45) is 5.92 Å². The Labute approximate surface area is 152 Å². The lowest BCUT2D eigenvalue weighted by molar-refractivity contribution is 0.0572. The van der Waals surface area contributed by atoms with E-state index in [1.165, 1.54) is 12.4 Å². The number of carbonyl (C=O) groups is 2. The van der Waals surface area contributed by atoms with Gasteiger partial charge in [-0.2, -0.15) is 0 Å². The zero-order chi connectivity index (χ0) is 18.3. The number of amides is 2. The Kier molecular flexibility index (Phi) is 4.22. The van der Waals surface area contributed by atoms with Crippen LogP contribution < -0.4 is 0 Å². The molecule has 0 radical (unpaired) electrons. The minimum Gasteiger partial charge on any atom is -0.466 e. The zero-order valence-electron chi connectivity index (χ0n) is 15.0. The van der Waals surface area contributed by atoms with Crippen molar-refractivity contribution in [1.82, 2.24) is 19.8 Å². The number of aromatic nitrogens is 2. The van der Waals surface area contributed by atoms with E-state index in [9.17, 15) is 9.59 Å². The van der Waals surface area contributed by atoms with Gasteiger partial charge < -0.3 is 14.2 Å². The monoisotopic (exact) mass is 354 g/mol. The number of carbonyl (C=O) groups excluding carboxylic acids is 2. The Morgan fingerprint density at radius 2 is 1.96 bits per heavy atom. The summed E-state index contributed by atoms with van der Waals surface area (Å²) in [6.45, 7) is 5.53. The molecular weight excluding hydrogens is 332 g/mol. The van der Waals surface area contributed by atoms with Crippen LogP contribution in [0.3, 0.4) is 0 Å². The minimum atomic E-state index is -0.111. The van der Waals surface area contributed by atoms with Crippen LogP contribution in [0.2, 0.25) is 0 Å². The molecule has 2 aromatic heterocycles. The fourth-order valence-electron chi connectivity index (χ4n) is 4.07. The number of fused-ring (bicyclic) bond motifs is 4. The molecule has 2 atom stereocenters. The number of nitrogens with zero attached hydrogens (tertiary/aromatic N) is 4. The van der Waals surface area contributed by atoms with Gasteiger partial charge in [-0.3, -0.25) is 14.6 Å². The first-order chi connectivity index (χ1) is 12.5. The first-order valence-corrected chi connectivity index (χ1v) is 8.96. The van der Waals surface area contributed by atoms with E-state index in [-0.39, 0.29) is 23.8 Å². The standard InChI is InChI=1S/C19H22N4O3/c1-12-7-16(13(2)26-12)18(24)23-10-14-3-4-15(23)11-22(9-14)19(25)17-8-20-5-6-21-17/h5-8,14-15H,3-4,9-11H2,1-2H3/t14-,15+/m0/s1. The normalized spacial score (nSPS) is 22.4. The fraction of sp³-hybridized carbons (Fsp3) is 0.474. The van der Waals surface area contributed by atoms with Crippen molar-refractivity contribution in [2.75, 3.05) is 19.6 Å². The number of aryl methyl sites for hydroxylation is 2. The molecule has 2 aromatic rings. The minimum absolute atomic E-state index is 0.00264. The third-order valence-electron chi connectivity index (χ3n) is 5.32. The van der Waals surface area contributed by atoms with Gasteiger partial charge in [0.25, 0.3) is 11.8 Å². The quantitative estimate of drug-likeness (QED) is 0.825. The van der Waals surface area contributed by atoms with E-state index in [2.05, 4.69) is 9.97 Å². The van der Waals surface area contributed by atoms with Gasteiger partial charge in [-0.25, -0.2) is 4.98 Å². The molecule has 0 spiro atoms. The van der Waals surface area contributed by atoms with Gasteiger partial charge in [0.15, 0.2) is 0 Å². The highest BCUT2D eigenvalue weighted by atomic mass is 16.3. The van der Waals surface area contributed by atoms with Gasteiger partial charge in [-0.15, -0.1) is 0 Å². The molecule has 2 amide bonds. The van der Waals surface area contributed by atoms with Crippen molar-refractivity contribution in [3.63, 3.8) is 0 Å². The van der Waals surface area contributed by atoms with Crippen LogP contribution in [-0.2, 0) is 0 Å². The van der Waals surface area contributed by atoms with Crippen LogP contribution in [-0.4, -0.2) is 57.3 Å². The van der Waals surface area contributed by atoms with E-state index in [1.807, 2.05) is 23.6 Å². The van der Waals surface area contributed by atoms with Gasteiger partial charge >= 0.3 is 0 Å². The van der Waals surface area contributed by atoms with Gasteiger partial charge in [0.05, 0.1) is 11.8 Å². The third-order valence-corrected chi connectivity index (χ3v) is 5.32. The number of piperidine rings is 1. The van der Waals surface area contributed by atoms with Gasteiger partial charge in [0, 0.05) is 38.1 Å². The molecule has 3 aliphatic rings. The Hall–Kier alpha value is -2.70. The summed E-state index contributed by atoms with van der Waals surface area (Å²) in [4.78, 5) is 37.7. The van der Waals surface area contributed by atoms with Crippen LogP contribution >= 0.6 is 0 Å². The first kappa shape index (κ1) is 16.8. The number of furan rings is 1. The first-order valence-electron chi connectivity index (χ1n) is 8.96. The second kappa shape index (κ2) is 6.55. The lowest BCUT2D eigenvalue weighted by atomic mass is 9.94. The van der Waals surface area contributed by atoms with Gasteiger partial charge in [-0.1, -0.05) is 0 Å². The summed E-state index contributed by atoms with van der Waals surface area (Å²) in [7, 11) is 0. The molecular formula is C19H22N4O3. The van der Waals surface area contributed by atoms with Crippen molar-refractivity contribution < 1.29 is 14.0 Å². The van der Waals surface area contributed by atoms with Crippen molar-refractivity contribution in [3.05, 3.63) is 47.4 Å². The van der Waals surface area contributed by atoms with E-state index in [1.54, 1.807) is 12.3 Å². The summed E-state index contributed by atoms with van der Waals surface area (Å²) in [5, 5.41) is 0. The SMILES string of the molecule is Cc1cc(C(=O)N2C[C@H]3CC[C@@H]2CN(C(=O)c2cnccn2)C3)c(C)o1. The van der Waals surface area contributed by atoms with Crippen LogP contribution in [0, 0.1) is 19.8 Å². The third kappa shape index (κ3) is 2.98. The molecule has 0 unspecified atom stereocenters. The predicted molar refractivity (Wildman–Crippen MR) is 93.7 cm³/mol. The Morgan fingerprint density at radius 3 is 2.65 bits per heavy atom. The maximum atomic E-state index is 13.1. The average molecular weight is 354 g/mol. The van der Waals surface area contributed by atoms with Gasteiger partial charge in [-0.05, 0) is 38.7 Å². The molecule has 136 valence electrons. The molecule has 0 saturated carbocycles. The fourth-order valence-corrected chi connectivity index (χ4v) is 4.07. The molecule has 0 N–H and O–H groups in total. The number of hydrogen-bond acceptors (Lipinski definition) is 5. The lowest BCUT2D eigenvalue weighted by Gasteiger charge is -2.36. The van der Waals surface area contributed by atoms with Crippen LogP contribution in [0.25, 0.3) is 0 Å². The average Bonchev–Trinajstić information content (AvgIpc) is 2.82. The summed E-state index contributed by atoms with van der Waals surface area (Å²) in [5.41, 5.74) is 0.981. The molecule has 5 rings (SSSR count). The van der Waals surface area contributed by atoms with Crippen LogP contribution in [0.1, 0.15) is 45.2 Å². The second-order valence-corrected chi connectivity index (χ2v) is 7.18. The van der Waals surface area contributed by atoms with Crippen molar-refractivity contribution in [2.45, 2.75) is 32.7 Å². The van der Waals surface area contributed by atoms with Gasteiger partial charge in [0.1, 0.15) is 17.2 Å². The van der Waals surface area contributed by atoms with Crippen molar-refractivity contribution in [3.8, 4) is 0 Å². The molecule has 5 heterocycles. The highest BCUT2D eigenvalue weighted by Crippen LogP contribution is 2.30. The summed E-state index contributed by atoms with van der Waals surface area (Å²) >= 11 is 0. The van der Waals surface area contributed by atoms with Crippen LogP contribution in [0.4, 0.5) is 0 Å². The topological polar surface area (TPSA) is 79.5 Å². The van der Waals surface area contributed by atoms with Gasteiger partial charge in [0.2, 0.25) is 0 Å². The lowest BCUT2D eigenvalue weighted by Crippen LogP contribution is -2.47. The Bertz CT molecular complexity index is 833. The van der Waals surface area contributed by atoms with E-state index in [4.69, 9.17) is 4.42 Å². The smallest absolute Gasteiger partial charge is 0.274 e. The van der Waals surface area contributed by atoms with Crippen molar-refractivity contribution in [1.29, 1.82) is 0 Å². The molecule has 0 aliphatic carbocycles. The highest BCUT2D eigenvalue weighted by Gasteiger charge is 2.39. The van der Waals surface area contributed by atoms with E-state index in [0.29, 0.717) is 36.7 Å². The summed E-state index contributed by atoms with van der Waals surface area (Å²) in [6, 6.07) is 1.83. The van der Waals surface area contributed by atoms with E-state index in [0.717, 1.165) is 18.6 Å². The summed E-state index contributed by atoms with van der Waals surface area (Å²) in [6.07, 6.45) is 6.52. The van der Waals surface area contributed by atoms with Crippen molar-refractivity contribution >= 4 is 11.8 Å². The maximum absolute atomic E-state index is 13.1. The highest BCUT2D eigenvalue weighted by molar-refractivity contribution is 5.96. The second-order valence-electron chi connectivity index (χ2n) is 7.18. The maximum Gasteiger partial charge on any atom is 0.274 e. The largest absolute Gasteiger partial charge is 0.466 e.